The van der Waals surface area contributed by atoms with Crippen molar-refractivity contribution in [2.45, 2.75) is 0 Å². The predicted molar refractivity (Wildman–Crippen MR) is 237 cm³/mol. The number of hydrogen-bond acceptors (Lipinski definition) is 5. The lowest BCUT2D eigenvalue weighted by Crippen LogP contribution is -2.09. The van der Waals surface area contributed by atoms with Gasteiger partial charge in [-0.15, -0.1) is 0 Å². The van der Waals surface area contributed by atoms with Crippen LogP contribution in [0.2, 0.25) is 0 Å². The first-order valence-electron chi connectivity index (χ1n) is 19.4. The number of anilines is 3. The van der Waals surface area contributed by atoms with Crippen LogP contribution in [0.5, 0.6) is 0 Å². The highest BCUT2D eigenvalue weighted by Crippen LogP contribution is 2.41. The molecule has 3 heterocycles. The smallest absolute Gasteiger partial charge is 0.227 e. The van der Waals surface area contributed by atoms with Crippen molar-refractivity contribution in [2.75, 3.05) is 4.90 Å². The first kappa shape index (κ1) is 32.4. The molecule has 12 rings (SSSR count). The summed E-state index contributed by atoms with van der Waals surface area (Å²) >= 11 is 0. The van der Waals surface area contributed by atoms with Crippen LogP contribution in [0.25, 0.3) is 99.5 Å². The number of fused-ring (bicyclic) bond motifs is 8. The topological polar surface area (TPSA) is 55.6 Å². The second-order valence-corrected chi connectivity index (χ2v) is 14.7. The minimum atomic E-state index is 0.602. The lowest BCUT2D eigenvalue weighted by molar-refractivity contribution is 0.620. The average molecular weight is 745 g/mol. The third-order valence-electron chi connectivity index (χ3n) is 11.3. The van der Waals surface area contributed by atoms with Gasteiger partial charge in [0.1, 0.15) is 27.8 Å². The van der Waals surface area contributed by atoms with Gasteiger partial charge in [0.2, 0.25) is 5.89 Å². The van der Waals surface area contributed by atoms with E-state index in [-0.39, 0.29) is 0 Å². The Morgan fingerprint density at radius 3 is 1.78 bits per heavy atom. The molecule has 0 unspecified atom stereocenters. The molecule has 12 aromatic rings. The summed E-state index contributed by atoms with van der Waals surface area (Å²) in [5, 5.41) is 6.73. The minimum absolute atomic E-state index is 0.602. The van der Waals surface area contributed by atoms with Crippen molar-refractivity contribution in [3.63, 3.8) is 0 Å². The number of aromatic nitrogens is 1. The van der Waals surface area contributed by atoms with Gasteiger partial charge < -0.3 is 18.2 Å². The molecule has 5 heteroatoms. The van der Waals surface area contributed by atoms with Gasteiger partial charge in [-0.3, -0.25) is 0 Å². The van der Waals surface area contributed by atoms with Crippen LogP contribution in [0.3, 0.4) is 0 Å². The summed E-state index contributed by atoms with van der Waals surface area (Å²) in [6.45, 7) is 0. The van der Waals surface area contributed by atoms with Crippen molar-refractivity contribution in [1.82, 2.24) is 4.98 Å². The molecule has 9 aromatic carbocycles. The van der Waals surface area contributed by atoms with Gasteiger partial charge in [-0.2, -0.15) is 0 Å². The Balaban J connectivity index is 0.916. The van der Waals surface area contributed by atoms with E-state index in [4.69, 9.17) is 18.2 Å². The van der Waals surface area contributed by atoms with Gasteiger partial charge in [-0.05, 0) is 106 Å². The fourth-order valence-corrected chi connectivity index (χ4v) is 8.45. The normalized spacial score (nSPS) is 11.8. The molecule has 0 atom stereocenters. The Bertz CT molecular complexity index is 3500. The summed E-state index contributed by atoms with van der Waals surface area (Å²) in [7, 11) is 0. The molecule has 0 fully saturated rings. The second-order valence-electron chi connectivity index (χ2n) is 14.7. The molecule has 0 saturated heterocycles. The molecular formula is C53H32N2O3. The quantitative estimate of drug-likeness (QED) is 0.170. The van der Waals surface area contributed by atoms with Crippen LogP contribution < -0.4 is 4.90 Å². The van der Waals surface area contributed by atoms with Crippen LogP contribution in [0.4, 0.5) is 17.1 Å². The molecule has 0 saturated carbocycles. The molecule has 0 amide bonds. The van der Waals surface area contributed by atoms with E-state index in [0.29, 0.717) is 5.89 Å². The lowest BCUT2D eigenvalue weighted by atomic mass is 9.98. The van der Waals surface area contributed by atoms with Crippen LogP contribution in [0.1, 0.15) is 0 Å². The largest absolute Gasteiger partial charge is 0.456 e. The van der Waals surface area contributed by atoms with E-state index >= 15 is 0 Å². The molecular weight excluding hydrogens is 713 g/mol. The van der Waals surface area contributed by atoms with Gasteiger partial charge in [-0.1, -0.05) is 109 Å². The molecule has 0 aliphatic carbocycles. The summed E-state index contributed by atoms with van der Waals surface area (Å²) in [6.07, 6.45) is 0. The summed E-state index contributed by atoms with van der Waals surface area (Å²) in [6, 6.07) is 67.7. The third kappa shape index (κ3) is 5.29. The third-order valence-corrected chi connectivity index (χ3v) is 11.3. The van der Waals surface area contributed by atoms with Crippen molar-refractivity contribution >= 4 is 82.8 Å². The van der Waals surface area contributed by atoms with Crippen molar-refractivity contribution < 1.29 is 13.3 Å². The standard InChI is InChI=1S/C53H32N2O3/c1-2-10-36(11-3-1)53-54-47-32-51-46(31-52(47)58-53)45-27-21-37(29-49(45)57-51)33-17-22-38(23-18-33)55(40-26-28-44-43-14-6-7-16-48(43)56-50(44)30-40)39-24-19-35(20-25-39)42-15-8-12-34-9-4-5-13-41(34)42/h1-32H. The number of nitrogens with zero attached hydrogens (tertiary/aromatic N) is 2. The second kappa shape index (κ2) is 12.8. The Morgan fingerprint density at radius 2 is 0.931 bits per heavy atom. The zero-order chi connectivity index (χ0) is 38.2. The zero-order valence-electron chi connectivity index (χ0n) is 31.1. The Labute approximate surface area is 332 Å². The van der Waals surface area contributed by atoms with E-state index in [9.17, 15) is 0 Å². The highest BCUT2D eigenvalue weighted by Gasteiger charge is 2.18. The van der Waals surface area contributed by atoms with Gasteiger partial charge in [0, 0.05) is 56.3 Å². The summed E-state index contributed by atoms with van der Waals surface area (Å²) < 4.78 is 19.0. The van der Waals surface area contributed by atoms with Crippen LogP contribution in [0.15, 0.2) is 207 Å². The maximum atomic E-state index is 6.44. The van der Waals surface area contributed by atoms with E-state index < -0.39 is 0 Å². The SMILES string of the molecule is c1ccc(-c2nc3cc4oc5cc(-c6ccc(N(c7ccc(-c8cccc9ccccc89)cc7)c7ccc8c(c7)oc7ccccc78)cc6)ccc5c4cc3o2)cc1. The summed E-state index contributed by atoms with van der Waals surface area (Å²) in [5.74, 6) is 0.602. The van der Waals surface area contributed by atoms with E-state index in [1.165, 1.54) is 21.9 Å². The molecule has 0 N–H and O–H groups in total. The monoisotopic (exact) mass is 744 g/mol. The highest BCUT2D eigenvalue weighted by atomic mass is 16.4. The van der Waals surface area contributed by atoms with E-state index in [1.54, 1.807) is 0 Å². The summed E-state index contributed by atoms with van der Waals surface area (Å²) in [4.78, 5) is 7.04. The highest BCUT2D eigenvalue weighted by molar-refractivity contribution is 6.10. The molecule has 0 aliphatic rings. The fourth-order valence-electron chi connectivity index (χ4n) is 8.45. The van der Waals surface area contributed by atoms with Gasteiger partial charge in [-0.25, -0.2) is 4.98 Å². The van der Waals surface area contributed by atoms with Crippen LogP contribution >= 0.6 is 0 Å². The molecule has 0 radical (unpaired) electrons. The molecule has 0 spiro atoms. The van der Waals surface area contributed by atoms with Gasteiger partial charge in [0.25, 0.3) is 0 Å². The molecule has 272 valence electrons. The van der Waals surface area contributed by atoms with Crippen LogP contribution in [-0.2, 0) is 0 Å². The number of oxazole rings is 1. The van der Waals surface area contributed by atoms with Crippen molar-refractivity contribution in [3.05, 3.63) is 194 Å². The van der Waals surface area contributed by atoms with Gasteiger partial charge in [0.15, 0.2) is 5.58 Å². The maximum absolute atomic E-state index is 6.44. The first-order valence-corrected chi connectivity index (χ1v) is 19.4. The number of hydrogen-bond donors (Lipinski definition) is 0. The minimum Gasteiger partial charge on any atom is -0.456 e. The van der Waals surface area contributed by atoms with E-state index in [1.807, 2.05) is 54.6 Å². The maximum Gasteiger partial charge on any atom is 0.227 e. The Hall–Kier alpha value is -7.89. The van der Waals surface area contributed by atoms with Crippen LogP contribution in [-0.4, -0.2) is 4.98 Å². The first-order chi connectivity index (χ1) is 28.7. The number of furan rings is 2. The van der Waals surface area contributed by atoms with Gasteiger partial charge in [0.05, 0.1) is 0 Å². The number of rotatable bonds is 6. The Kier molecular flexibility index (Phi) is 7.16. The lowest BCUT2D eigenvalue weighted by Gasteiger charge is -2.26. The predicted octanol–water partition coefficient (Wildman–Crippen LogP) is 15.3. The fraction of sp³-hybridized carbons (Fsp3) is 0. The molecule has 0 bridgehead atoms. The molecule has 0 aliphatic heterocycles. The summed E-state index contributed by atoms with van der Waals surface area (Å²) in [5.41, 5.74) is 13.4. The molecule has 5 nitrogen and oxygen atoms in total. The van der Waals surface area contributed by atoms with E-state index in [2.05, 4.69) is 144 Å². The van der Waals surface area contributed by atoms with Crippen molar-refractivity contribution in [1.29, 1.82) is 0 Å². The Morgan fingerprint density at radius 1 is 0.328 bits per heavy atom. The average Bonchev–Trinajstić information content (AvgIpc) is 3.98. The van der Waals surface area contributed by atoms with Crippen molar-refractivity contribution in [3.8, 4) is 33.7 Å². The van der Waals surface area contributed by atoms with Crippen molar-refractivity contribution in [2.24, 2.45) is 0 Å². The van der Waals surface area contributed by atoms with Gasteiger partial charge >= 0.3 is 0 Å². The zero-order valence-corrected chi connectivity index (χ0v) is 31.1. The molecule has 58 heavy (non-hydrogen) atoms. The number of para-hydroxylation sites is 1. The molecule has 3 aromatic heterocycles. The van der Waals surface area contributed by atoms with E-state index in [0.717, 1.165) is 88.7 Å². The van der Waals surface area contributed by atoms with Crippen LogP contribution in [0, 0.1) is 0 Å². The number of benzene rings is 9.